The van der Waals surface area contributed by atoms with Crippen molar-refractivity contribution in [2.24, 2.45) is 0 Å². The molecule has 4 aromatic rings. The average Bonchev–Trinajstić information content (AvgIpc) is 3.32. The normalized spacial score (nSPS) is 12.1. The average molecular weight is 466 g/mol. The molecule has 4 rings (SSSR count). The summed E-state index contributed by atoms with van der Waals surface area (Å²) in [4.78, 5) is 30.0. The molecular weight excluding hydrogens is 442 g/mol. The van der Waals surface area contributed by atoms with Crippen LogP contribution in [0.5, 0.6) is 0 Å². The number of benzene rings is 1. The lowest BCUT2D eigenvalue weighted by molar-refractivity contribution is -0.119. The van der Waals surface area contributed by atoms with Gasteiger partial charge in [0.05, 0.1) is 22.6 Å². The first kappa shape index (κ1) is 22.5. The molecule has 0 aliphatic rings. The van der Waals surface area contributed by atoms with Gasteiger partial charge >= 0.3 is 0 Å². The maximum Gasteiger partial charge on any atom is 0.261 e. The van der Waals surface area contributed by atoms with Gasteiger partial charge in [-0.05, 0) is 65.0 Å². The molecule has 33 heavy (non-hydrogen) atoms. The molecule has 3 heterocycles. The topological polar surface area (TPSA) is 106 Å². The SMILES string of the molecule is Cc1cc(C)n2ncc(C(=O)Nc3ccc(NC(=O)C(C)n4nc(C)cc4C)c(Cl)c3)c2n1. The van der Waals surface area contributed by atoms with E-state index in [1.807, 2.05) is 39.8 Å². The van der Waals surface area contributed by atoms with Crippen LogP contribution in [-0.4, -0.2) is 36.2 Å². The van der Waals surface area contributed by atoms with E-state index in [1.165, 1.54) is 6.20 Å². The summed E-state index contributed by atoms with van der Waals surface area (Å²) >= 11 is 6.39. The van der Waals surface area contributed by atoms with Gasteiger partial charge in [0.2, 0.25) is 5.91 Å². The molecule has 10 heteroatoms. The molecule has 1 unspecified atom stereocenters. The number of aromatic nitrogens is 5. The summed E-state index contributed by atoms with van der Waals surface area (Å²) in [5.41, 5.74) is 5.19. The van der Waals surface area contributed by atoms with E-state index in [2.05, 4.69) is 25.8 Å². The van der Waals surface area contributed by atoms with Crippen LogP contribution >= 0.6 is 11.6 Å². The van der Waals surface area contributed by atoms with Gasteiger partial charge in [0.1, 0.15) is 11.6 Å². The van der Waals surface area contributed by atoms with E-state index in [1.54, 1.807) is 34.3 Å². The third-order valence-corrected chi connectivity index (χ3v) is 5.61. The number of anilines is 2. The van der Waals surface area contributed by atoms with Crippen molar-refractivity contribution in [3.8, 4) is 0 Å². The zero-order chi connectivity index (χ0) is 23.9. The highest BCUT2D eigenvalue weighted by atomic mass is 35.5. The van der Waals surface area contributed by atoms with Crippen LogP contribution in [0.4, 0.5) is 11.4 Å². The number of nitrogens with one attached hydrogen (secondary N) is 2. The number of halogens is 1. The largest absolute Gasteiger partial charge is 0.323 e. The molecule has 0 aliphatic carbocycles. The molecule has 0 radical (unpaired) electrons. The van der Waals surface area contributed by atoms with Crippen molar-refractivity contribution in [2.45, 2.75) is 40.7 Å². The first-order chi connectivity index (χ1) is 15.6. The van der Waals surface area contributed by atoms with Crippen molar-refractivity contribution in [2.75, 3.05) is 10.6 Å². The second-order valence-electron chi connectivity index (χ2n) is 8.02. The van der Waals surface area contributed by atoms with E-state index in [-0.39, 0.29) is 11.8 Å². The van der Waals surface area contributed by atoms with Crippen LogP contribution in [0.15, 0.2) is 36.5 Å². The minimum atomic E-state index is -0.510. The maximum atomic E-state index is 12.8. The summed E-state index contributed by atoms with van der Waals surface area (Å²) in [6.45, 7) is 9.31. The summed E-state index contributed by atoms with van der Waals surface area (Å²) in [5.74, 6) is -0.600. The number of hydrogen-bond acceptors (Lipinski definition) is 5. The van der Waals surface area contributed by atoms with E-state index < -0.39 is 6.04 Å². The Morgan fingerprint density at radius 1 is 1.00 bits per heavy atom. The number of rotatable bonds is 5. The maximum absolute atomic E-state index is 12.8. The number of amides is 2. The van der Waals surface area contributed by atoms with Crippen LogP contribution in [0.3, 0.4) is 0 Å². The van der Waals surface area contributed by atoms with Crippen molar-refractivity contribution in [1.82, 2.24) is 24.4 Å². The van der Waals surface area contributed by atoms with Gasteiger partial charge in [0, 0.05) is 22.8 Å². The molecule has 0 fully saturated rings. The van der Waals surface area contributed by atoms with Gasteiger partial charge in [-0.1, -0.05) is 11.6 Å². The molecule has 3 aromatic heterocycles. The van der Waals surface area contributed by atoms with Crippen LogP contribution in [-0.2, 0) is 4.79 Å². The minimum absolute atomic E-state index is 0.247. The molecule has 0 bridgehead atoms. The molecule has 0 saturated heterocycles. The highest BCUT2D eigenvalue weighted by Crippen LogP contribution is 2.27. The van der Waals surface area contributed by atoms with Gasteiger partial charge in [-0.25, -0.2) is 9.50 Å². The van der Waals surface area contributed by atoms with E-state index >= 15 is 0 Å². The van der Waals surface area contributed by atoms with E-state index in [4.69, 9.17) is 11.6 Å². The second kappa shape index (κ2) is 8.67. The van der Waals surface area contributed by atoms with E-state index in [0.717, 1.165) is 22.8 Å². The lowest BCUT2D eigenvalue weighted by Gasteiger charge is -2.15. The van der Waals surface area contributed by atoms with Crippen LogP contribution in [0.25, 0.3) is 5.65 Å². The molecule has 0 aliphatic heterocycles. The van der Waals surface area contributed by atoms with Crippen molar-refractivity contribution in [3.05, 3.63) is 69.9 Å². The molecule has 1 atom stereocenters. The molecule has 9 nitrogen and oxygen atoms in total. The van der Waals surface area contributed by atoms with Crippen molar-refractivity contribution < 1.29 is 9.59 Å². The van der Waals surface area contributed by atoms with Crippen LogP contribution in [0.2, 0.25) is 5.02 Å². The third-order valence-electron chi connectivity index (χ3n) is 5.30. The Bertz CT molecular complexity index is 1390. The Kier molecular flexibility index (Phi) is 5.90. The fraction of sp³-hybridized carbons (Fsp3) is 0.261. The summed E-state index contributed by atoms with van der Waals surface area (Å²) in [6, 6.07) is 8.19. The molecule has 170 valence electrons. The number of carbonyl (C=O) groups excluding carboxylic acids is 2. The molecule has 0 saturated carbocycles. The van der Waals surface area contributed by atoms with Crippen LogP contribution < -0.4 is 10.6 Å². The smallest absolute Gasteiger partial charge is 0.261 e. The fourth-order valence-corrected chi connectivity index (χ4v) is 3.94. The molecule has 2 amide bonds. The van der Waals surface area contributed by atoms with Gasteiger partial charge in [0.25, 0.3) is 5.91 Å². The number of hydrogen-bond donors (Lipinski definition) is 2. The predicted octanol–water partition coefficient (Wildman–Crippen LogP) is 4.26. The molecule has 2 N–H and O–H groups in total. The Morgan fingerprint density at radius 2 is 1.73 bits per heavy atom. The molecular formula is C23H24ClN7O2. The third kappa shape index (κ3) is 4.45. The minimum Gasteiger partial charge on any atom is -0.323 e. The van der Waals surface area contributed by atoms with E-state index in [9.17, 15) is 9.59 Å². The summed E-state index contributed by atoms with van der Waals surface area (Å²) in [5, 5.41) is 14.5. The lowest BCUT2D eigenvalue weighted by Crippen LogP contribution is -2.25. The zero-order valence-corrected chi connectivity index (χ0v) is 19.7. The Balaban J connectivity index is 1.49. The predicted molar refractivity (Wildman–Crippen MR) is 127 cm³/mol. The Morgan fingerprint density at radius 3 is 2.39 bits per heavy atom. The molecule has 0 spiro atoms. The zero-order valence-electron chi connectivity index (χ0n) is 19.0. The standard InChI is InChI=1S/C23H24ClN7O2/c1-12-8-15(4)31-21(26-12)18(11-25-31)23(33)27-17-6-7-20(19(24)10-17)28-22(32)16(5)30-14(3)9-13(2)29-30/h6-11,16H,1-5H3,(H,27,33)(H,28,32). The van der Waals surface area contributed by atoms with Gasteiger partial charge in [-0.3, -0.25) is 14.3 Å². The van der Waals surface area contributed by atoms with Gasteiger partial charge < -0.3 is 10.6 Å². The van der Waals surface area contributed by atoms with Crippen LogP contribution in [0, 0.1) is 27.7 Å². The van der Waals surface area contributed by atoms with E-state index in [0.29, 0.717) is 27.6 Å². The summed E-state index contributed by atoms with van der Waals surface area (Å²) < 4.78 is 3.29. The Labute approximate surface area is 195 Å². The summed E-state index contributed by atoms with van der Waals surface area (Å²) in [6.07, 6.45) is 1.49. The van der Waals surface area contributed by atoms with Gasteiger partial charge in [-0.2, -0.15) is 10.2 Å². The first-order valence-electron chi connectivity index (χ1n) is 10.4. The number of nitrogens with zero attached hydrogens (tertiary/aromatic N) is 5. The fourth-order valence-electron chi connectivity index (χ4n) is 3.71. The lowest BCUT2D eigenvalue weighted by atomic mass is 10.2. The van der Waals surface area contributed by atoms with Gasteiger partial charge in [0.15, 0.2) is 5.65 Å². The molecule has 1 aromatic carbocycles. The van der Waals surface area contributed by atoms with Crippen LogP contribution in [0.1, 0.15) is 46.1 Å². The summed E-state index contributed by atoms with van der Waals surface area (Å²) in [7, 11) is 0. The number of fused-ring (bicyclic) bond motifs is 1. The number of carbonyl (C=O) groups is 2. The highest BCUT2D eigenvalue weighted by Gasteiger charge is 2.20. The number of aryl methyl sites for hydroxylation is 4. The van der Waals surface area contributed by atoms with Crippen molar-refractivity contribution >= 4 is 40.4 Å². The Hall–Kier alpha value is -3.72. The van der Waals surface area contributed by atoms with Crippen molar-refractivity contribution in [3.63, 3.8) is 0 Å². The first-order valence-corrected chi connectivity index (χ1v) is 10.8. The second-order valence-corrected chi connectivity index (χ2v) is 8.43. The van der Waals surface area contributed by atoms with Gasteiger partial charge in [-0.15, -0.1) is 0 Å². The monoisotopic (exact) mass is 465 g/mol. The van der Waals surface area contributed by atoms with Crippen molar-refractivity contribution in [1.29, 1.82) is 0 Å². The highest BCUT2D eigenvalue weighted by molar-refractivity contribution is 6.34. The quantitative estimate of drug-likeness (QED) is 0.458.